The largest absolute Gasteiger partial charge is 0.482 e. The highest BCUT2D eigenvalue weighted by Gasteiger charge is 2.25. The molecule has 0 saturated heterocycles. The molecule has 10 heteroatoms. The lowest BCUT2D eigenvalue weighted by Gasteiger charge is -2.14. The zero-order valence-electron chi connectivity index (χ0n) is 10.9. The molecule has 1 rings (SSSR count). The third kappa shape index (κ3) is 4.88. The van der Waals surface area contributed by atoms with Crippen LogP contribution < -0.4 is 15.2 Å². The molecule has 1 aromatic rings. The molecule has 1 amide bonds. The molecular weight excluding hydrogens is 324 g/mol. The number of nitrogens with two attached hydrogens (primary N) is 1. The van der Waals surface area contributed by atoms with E-state index in [4.69, 9.17) is 27.2 Å². The number of nitrogens with one attached hydrogen (secondary N) is 1. The number of hydrogen-bond donors (Lipinski definition) is 3. The molecule has 0 saturated carbocycles. The molecule has 21 heavy (non-hydrogen) atoms. The van der Waals surface area contributed by atoms with Crippen LogP contribution in [0.5, 0.6) is 5.75 Å². The summed E-state index contributed by atoms with van der Waals surface area (Å²) in [6, 6.07) is 2.33. The van der Waals surface area contributed by atoms with E-state index in [2.05, 4.69) is 0 Å². The van der Waals surface area contributed by atoms with Crippen LogP contribution >= 0.6 is 11.6 Å². The monoisotopic (exact) mass is 336 g/mol. The van der Waals surface area contributed by atoms with Crippen LogP contribution in [0.3, 0.4) is 0 Å². The van der Waals surface area contributed by atoms with Gasteiger partial charge in [-0.1, -0.05) is 11.6 Å². The molecule has 0 spiro atoms. The SMILES string of the molecule is C[C@@H](NS(=O)(=O)c1cc(Cl)ccc1OCC(N)=O)C(=O)O. The molecule has 0 radical (unpaired) electrons. The summed E-state index contributed by atoms with van der Waals surface area (Å²) in [6.45, 7) is 0.632. The number of rotatable bonds is 7. The number of amides is 1. The number of benzene rings is 1. The maximum atomic E-state index is 12.1. The first-order chi connectivity index (χ1) is 9.63. The number of primary amides is 1. The first kappa shape index (κ1) is 17.2. The van der Waals surface area contributed by atoms with Crippen LogP contribution in [-0.4, -0.2) is 38.0 Å². The lowest BCUT2D eigenvalue weighted by molar-refractivity contribution is -0.138. The van der Waals surface area contributed by atoms with Crippen molar-refractivity contribution in [2.45, 2.75) is 17.9 Å². The summed E-state index contributed by atoms with van der Waals surface area (Å²) in [7, 11) is -4.20. The number of halogens is 1. The topological polar surface area (TPSA) is 136 Å². The van der Waals surface area contributed by atoms with E-state index in [1.807, 2.05) is 4.72 Å². The van der Waals surface area contributed by atoms with Gasteiger partial charge in [-0.05, 0) is 25.1 Å². The Hall–Kier alpha value is -1.84. The van der Waals surface area contributed by atoms with Gasteiger partial charge >= 0.3 is 5.97 Å². The summed E-state index contributed by atoms with van der Waals surface area (Å²) in [4.78, 5) is 21.0. The molecule has 4 N–H and O–H groups in total. The van der Waals surface area contributed by atoms with Gasteiger partial charge in [-0.3, -0.25) is 9.59 Å². The van der Waals surface area contributed by atoms with Crippen LogP contribution in [0.4, 0.5) is 0 Å². The second-order valence-electron chi connectivity index (χ2n) is 4.03. The average molecular weight is 337 g/mol. The summed E-state index contributed by atoms with van der Waals surface area (Å²) in [5.74, 6) is -2.30. The van der Waals surface area contributed by atoms with Crippen molar-refractivity contribution in [1.82, 2.24) is 4.72 Å². The van der Waals surface area contributed by atoms with E-state index in [0.717, 1.165) is 13.0 Å². The van der Waals surface area contributed by atoms with Crippen LogP contribution in [0.1, 0.15) is 6.92 Å². The first-order valence-corrected chi connectivity index (χ1v) is 7.45. The van der Waals surface area contributed by atoms with Crippen molar-refractivity contribution in [1.29, 1.82) is 0 Å². The Kier molecular flexibility index (Phi) is 5.53. The second-order valence-corrected chi connectivity index (χ2v) is 6.15. The number of carbonyl (C=O) groups excluding carboxylic acids is 1. The van der Waals surface area contributed by atoms with E-state index in [9.17, 15) is 18.0 Å². The van der Waals surface area contributed by atoms with E-state index < -0.39 is 34.5 Å². The predicted octanol–water partition coefficient (Wildman–Crippen LogP) is -0.0445. The van der Waals surface area contributed by atoms with Crippen LogP contribution in [0.15, 0.2) is 23.1 Å². The van der Waals surface area contributed by atoms with E-state index in [1.54, 1.807) is 0 Å². The smallest absolute Gasteiger partial charge is 0.321 e. The van der Waals surface area contributed by atoms with Gasteiger partial charge < -0.3 is 15.6 Å². The zero-order valence-corrected chi connectivity index (χ0v) is 12.4. The van der Waals surface area contributed by atoms with Gasteiger partial charge in [0.1, 0.15) is 16.7 Å². The van der Waals surface area contributed by atoms with Crippen molar-refractivity contribution >= 4 is 33.5 Å². The van der Waals surface area contributed by atoms with Crippen LogP contribution in [0, 0.1) is 0 Å². The van der Waals surface area contributed by atoms with Gasteiger partial charge in [0, 0.05) is 5.02 Å². The van der Waals surface area contributed by atoms with Crippen molar-refractivity contribution in [3.63, 3.8) is 0 Å². The maximum absolute atomic E-state index is 12.1. The second kappa shape index (κ2) is 6.74. The Morgan fingerprint density at radius 3 is 2.62 bits per heavy atom. The number of carboxylic acid groups (broad SMARTS) is 1. The lowest BCUT2D eigenvalue weighted by Crippen LogP contribution is -2.38. The number of aliphatic carboxylic acids is 1. The molecule has 0 fully saturated rings. The maximum Gasteiger partial charge on any atom is 0.321 e. The molecule has 0 unspecified atom stereocenters. The van der Waals surface area contributed by atoms with Gasteiger partial charge in [0.15, 0.2) is 6.61 Å². The Bertz CT molecular complexity index is 661. The highest BCUT2D eigenvalue weighted by molar-refractivity contribution is 7.89. The molecule has 0 aliphatic carbocycles. The Balaban J connectivity index is 3.17. The van der Waals surface area contributed by atoms with Crippen molar-refractivity contribution in [2.75, 3.05) is 6.61 Å². The lowest BCUT2D eigenvalue weighted by atomic mass is 10.3. The number of carboxylic acids is 1. The van der Waals surface area contributed by atoms with Crippen LogP contribution in [0.2, 0.25) is 5.02 Å². The minimum absolute atomic E-state index is 0.102. The fraction of sp³-hybridized carbons (Fsp3) is 0.273. The Morgan fingerprint density at radius 2 is 2.10 bits per heavy atom. The standard InChI is InChI=1S/C11H13ClN2O6S/c1-6(11(16)17)14-21(18,19)9-4-7(12)2-3-8(9)20-5-10(13)15/h2-4,6,14H,5H2,1H3,(H2,13,15)(H,16,17)/t6-/m1/s1. The summed E-state index contributed by atoms with van der Waals surface area (Å²) in [5, 5.41) is 8.85. The van der Waals surface area contributed by atoms with Gasteiger partial charge in [-0.25, -0.2) is 8.42 Å². The molecule has 116 valence electrons. The molecule has 0 aromatic heterocycles. The molecule has 0 aliphatic rings. The van der Waals surface area contributed by atoms with E-state index in [1.165, 1.54) is 12.1 Å². The van der Waals surface area contributed by atoms with Crippen molar-refractivity contribution in [3.05, 3.63) is 23.2 Å². The number of ether oxygens (including phenoxy) is 1. The summed E-state index contributed by atoms with van der Waals surface area (Å²) in [5.41, 5.74) is 4.92. The predicted molar refractivity (Wildman–Crippen MR) is 73.6 cm³/mol. The quantitative estimate of drug-likeness (QED) is 0.639. The van der Waals surface area contributed by atoms with Gasteiger partial charge in [-0.2, -0.15) is 4.72 Å². The molecule has 0 aliphatic heterocycles. The fourth-order valence-corrected chi connectivity index (χ4v) is 2.91. The average Bonchev–Trinajstić information content (AvgIpc) is 2.36. The molecule has 0 bridgehead atoms. The Labute approximate surface area is 125 Å². The summed E-state index contributed by atoms with van der Waals surface area (Å²) in [6.07, 6.45) is 0. The van der Waals surface area contributed by atoms with Crippen molar-refractivity contribution in [3.8, 4) is 5.75 Å². The van der Waals surface area contributed by atoms with Gasteiger partial charge in [0.25, 0.3) is 5.91 Å². The zero-order chi connectivity index (χ0) is 16.2. The Morgan fingerprint density at radius 1 is 1.48 bits per heavy atom. The first-order valence-electron chi connectivity index (χ1n) is 5.59. The third-order valence-electron chi connectivity index (χ3n) is 2.27. The number of sulfonamides is 1. The minimum Gasteiger partial charge on any atom is -0.482 e. The molecule has 0 heterocycles. The van der Waals surface area contributed by atoms with E-state index >= 15 is 0 Å². The van der Waals surface area contributed by atoms with Crippen LogP contribution in [0.25, 0.3) is 0 Å². The van der Waals surface area contributed by atoms with Gasteiger partial charge in [0.2, 0.25) is 10.0 Å². The minimum atomic E-state index is -4.20. The van der Waals surface area contributed by atoms with E-state index in [-0.39, 0.29) is 15.7 Å². The number of hydrogen-bond acceptors (Lipinski definition) is 5. The molecule has 1 aromatic carbocycles. The number of carbonyl (C=O) groups is 2. The van der Waals surface area contributed by atoms with Gasteiger partial charge in [0.05, 0.1) is 0 Å². The molecule has 8 nitrogen and oxygen atoms in total. The van der Waals surface area contributed by atoms with Crippen LogP contribution in [-0.2, 0) is 19.6 Å². The fourth-order valence-electron chi connectivity index (χ4n) is 1.31. The summed E-state index contributed by atoms with van der Waals surface area (Å²) >= 11 is 5.73. The van der Waals surface area contributed by atoms with Crippen molar-refractivity contribution < 1.29 is 27.9 Å². The van der Waals surface area contributed by atoms with Gasteiger partial charge in [-0.15, -0.1) is 0 Å². The molecule has 1 atom stereocenters. The van der Waals surface area contributed by atoms with E-state index in [0.29, 0.717) is 0 Å². The summed E-state index contributed by atoms with van der Waals surface area (Å²) < 4.78 is 31.2. The normalized spacial score (nSPS) is 12.7. The van der Waals surface area contributed by atoms with Crippen molar-refractivity contribution in [2.24, 2.45) is 5.73 Å². The molecular formula is C11H13ClN2O6S. The third-order valence-corrected chi connectivity index (χ3v) is 4.06. The highest BCUT2D eigenvalue weighted by Crippen LogP contribution is 2.27. The highest BCUT2D eigenvalue weighted by atomic mass is 35.5.